The van der Waals surface area contributed by atoms with Crippen molar-refractivity contribution in [2.24, 2.45) is 0 Å². The van der Waals surface area contributed by atoms with Crippen molar-refractivity contribution in [2.45, 2.75) is 11.8 Å². The van der Waals surface area contributed by atoms with Gasteiger partial charge in [-0.15, -0.1) is 0 Å². The quantitative estimate of drug-likeness (QED) is 0.274. The molecule has 0 saturated heterocycles. The monoisotopic (exact) mass is 500 g/mol. The van der Waals surface area contributed by atoms with Crippen molar-refractivity contribution in [3.63, 3.8) is 0 Å². The van der Waals surface area contributed by atoms with Gasteiger partial charge in [-0.2, -0.15) is 13.7 Å². The van der Waals surface area contributed by atoms with Gasteiger partial charge < -0.3 is 14.2 Å². The number of nitrogens with zero attached hydrogens (tertiary/aromatic N) is 1. The maximum absolute atomic E-state index is 13.0. The normalized spacial score (nSPS) is 11.4. The van der Waals surface area contributed by atoms with Gasteiger partial charge in [0.2, 0.25) is 5.75 Å². The predicted molar refractivity (Wildman–Crippen MR) is 126 cm³/mol. The summed E-state index contributed by atoms with van der Waals surface area (Å²) in [5.41, 5.74) is 1.19. The maximum atomic E-state index is 13.0. The van der Waals surface area contributed by atoms with Crippen molar-refractivity contribution in [1.82, 2.24) is 0 Å². The molecule has 0 spiro atoms. The number of carbonyl (C=O) groups excluding carboxylic acids is 1. The molecule has 1 amide bonds. The number of amides is 1. The van der Waals surface area contributed by atoms with E-state index in [4.69, 9.17) is 20.5 Å². The van der Waals surface area contributed by atoms with Crippen molar-refractivity contribution in [3.8, 4) is 17.6 Å². The third-order valence-electron chi connectivity index (χ3n) is 4.53. The van der Waals surface area contributed by atoms with E-state index in [0.717, 1.165) is 5.56 Å². The highest BCUT2D eigenvalue weighted by Crippen LogP contribution is 2.38. The lowest BCUT2D eigenvalue weighted by Gasteiger charge is -2.13. The zero-order valence-corrected chi connectivity index (χ0v) is 19.6. The van der Waals surface area contributed by atoms with Crippen LogP contribution in [0.25, 0.3) is 6.08 Å². The number of nitriles is 1. The van der Waals surface area contributed by atoms with Gasteiger partial charge in [-0.25, -0.2) is 4.39 Å². The first-order valence-electron chi connectivity index (χ1n) is 9.70. The Balaban J connectivity index is 1.90. The first-order chi connectivity index (χ1) is 16.1. The van der Waals surface area contributed by atoms with Gasteiger partial charge >= 0.3 is 10.1 Å². The van der Waals surface area contributed by atoms with Crippen LogP contribution in [0.5, 0.6) is 11.5 Å². The fourth-order valence-corrected chi connectivity index (χ4v) is 4.07. The first kappa shape index (κ1) is 24.8. The summed E-state index contributed by atoms with van der Waals surface area (Å²) in [6.45, 7) is 1.82. The zero-order valence-electron chi connectivity index (χ0n) is 18.0. The molecular formula is C24H18ClFN2O5S. The van der Waals surface area contributed by atoms with Crippen LogP contribution in [0.4, 0.5) is 10.1 Å². The molecular weight excluding hydrogens is 483 g/mol. The van der Waals surface area contributed by atoms with E-state index in [2.05, 4.69) is 5.32 Å². The Bertz CT molecular complexity index is 1400. The summed E-state index contributed by atoms with van der Waals surface area (Å²) in [5, 5.41) is 11.8. The molecule has 0 aliphatic rings. The third-order valence-corrected chi connectivity index (χ3v) is 6.05. The molecule has 0 fully saturated rings. The standard InChI is InChI=1S/C24H18ClFN2O5S/c1-15-3-9-20(10-4-15)34(30,31)33-23-21(25)12-16(13-22(23)32-2)11-17(14-27)24(29)28-19-7-5-18(26)6-8-19/h3-13H,1-2H3,(H,28,29)/b17-11+. The number of rotatable bonds is 7. The summed E-state index contributed by atoms with van der Waals surface area (Å²) < 4.78 is 48.8. The van der Waals surface area contributed by atoms with E-state index in [9.17, 15) is 22.9 Å². The molecule has 0 aromatic heterocycles. The second kappa shape index (κ2) is 10.4. The zero-order chi connectivity index (χ0) is 24.9. The lowest BCUT2D eigenvalue weighted by molar-refractivity contribution is -0.112. The number of carbonyl (C=O) groups is 1. The highest BCUT2D eigenvalue weighted by Gasteiger charge is 2.22. The average Bonchev–Trinajstić information content (AvgIpc) is 2.80. The lowest BCUT2D eigenvalue weighted by atomic mass is 10.1. The number of anilines is 1. The minimum absolute atomic E-state index is 0.0225. The van der Waals surface area contributed by atoms with Gasteiger partial charge in [0, 0.05) is 5.69 Å². The Morgan fingerprint density at radius 3 is 2.35 bits per heavy atom. The number of methoxy groups -OCH3 is 1. The van der Waals surface area contributed by atoms with Crippen molar-refractivity contribution in [1.29, 1.82) is 5.26 Å². The summed E-state index contributed by atoms with van der Waals surface area (Å²) in [6, 6.07) is 15.6. The average molecular weight is 501 g/mol. The van der Waals surface area contributed by atoms with Crippen LogP contribution < -0.4 is 14.2 Å². The molecule has 3 aromatic carbocycles. The molecule has 0 saturated carbocycles. The molecule has 0 atom stereocenters. The van der Waals surface area contributed by atoms with Crippen LogP contribution in [0.15, 0.2) is 71.1 Å². The van der Waals surface area contributed by atoms with Gasteiger partial charge in [-0.1, -0.05) is 29.3 Å². The highest BCUT2D eigenvalue weighted by atomic mass is 35.5. The summed E-state index contributed by atoms with van der Waals surface area (Å²) in [6.07, 6.45) is 1.24. The second-order valence-electron chi connectivity index (χ2n) is 7.02. The number of hydrogen-bond acceptors (Lipinski definition) is 6. The van der Waals surface area contributed by atoms with Crippen molar-refractivity contribution >= 4 is 39.4 Å². The van der Waals surface area contributed by atoms with Gasteiger partial charge in [0.1, 0.15) is 22.4 Å². The molecule has 3 rings (SSSR count). The van der Waals surface area contributed by atoms with Crippen LogP contribution in [0.1, 0.15) is 11.1 Å². The molecule has 0 aliphatic carbocycles. The second-order valence-corrected chi connectivity index (χ2v) is 8.97. The Labute approximate surface area is 201 Å². The molecule has 10 heteroatoms. The van der Waals surface area contributed by atoms with Crippen LogP contribution in [-0.2, 0) is 14.9 Å². The molecule has 0 bridgehead atoms. The van der Waals surface area contributed by atoms with Crippen molar-refractivity contribution < 1.29 is 26.5 Å². The Hall–Kier alpha value is -3.87. The van der Waals surface area contributed by atoms with E-state index in [1.54, 1.807) is 18.2 Å². The van der Waals surface area contributed by atoms with Gasteiger partial charge in [-0.3, -0.25) is 4.79 Å². The van der Waals surface area contributed by atoms with Gasteiger partial charge in [0.15, 0.2) is 5.75 Å². The first-order valence-corrected chi connectivity index (χ1v) is 11.5. The molecule has 0 aliphatic heterocycles. The van der Waals surface area contributed by atoms with E-state index in [1.807, 2.05) is 6.92 Å². The van der Waals surface area contributed by atoms with Crippen LogP contribution >= 0.6 is 11.6 Å². The lowest BCUT2D eigenvalue weighted by Crippen LogP contribution is -2.13. The topological polar surface area (TPSA) is 105 Å². The molecule has 174 valence electrons. The Morgan fingerprint density at radius 1 is 1.12 bits per heavy atom. The highest BCUT2D eigenvalue weighted by molar-refractivity contribution is 7.87. The van der Waals surface area contributed by atoms with Gasteiger partial charge in [0.25, 0.3) is 5.91 Å². The number of hydrogen-bond donors (Lipinski definition) is 1. The minimum Gasteiger partial charge on any atom is -0.493 e. The molecule has 1 N–H and O–H groups in total. The molecule has 0 radical (unpaired) electrons. The van der Waals surface area contributed by atoms with Crippen LogP contribution in [-0.4, -0.2) is 21.4 Å². The SMILES string of the molecule is COc1cc(/C=C(\C#N)C(=O)Nc2ccc(F)cc2)cc(Cl)c1OS(=O)(=O)c1ccc(C)cc1. The van der Waals surface area contributed by atoms with E-state index in [0.29, 0.717) is 5.69 Å². The molecule has 3 aromatic rings. The number of halogens is 2. The minimum atomic E-state index is -4.20. The largest absolute Gasteiger partial charge is 0.493 e. The van der Waals surface area contributed by atoms with Crippen molar-refractivity contribution in [2.75, 3.05) is 12.4 Å². The third kappa shape index (κ3) is 5.92. The summed E-state index contributed by atoms with van der Waals surface area (Å²) in [7, 11) is -2.91. The van der Waals surface area contributed by atoms with Crippen LogP contribution in [0, 0.1) is 24.1 Å². The smallest absolute Gasteiger partial charge is 0.339 e. The van der Waals surface area contributed by atoms with Gasteiger partial charge in [0.05, 0.1) is 12.1 Å². The summed E-state index contributed by atoms with van der Waals surface area (Å²) >= 11 is 6.27. The van der Waals surface area contributed by atoms with E-state index in [1.165, 1.54) is 61.7 Å². The molecule has 0 unspecified atom stereocenters. The number of ether oxygens (including phenoxy) is 1. The Kier molecular flexibility index (Phi) is 7.56. The molecule has 0 heterocycles. The number of aryl methyl sites for hydroxylation is 1. The van der Waals surface area contributed by atoms with Crippen LogP contribution in [0.2, 0.25) is 5.02 Å². The van der Waals surface area contributed by atoms with E-state index >= 15 is 0 Å². The molecule has 34 heavy (non-hydrogen) atoms. The van der Waals surface area contributed by atoms with Gasteiger partial charge in [-0.05, 0) is 67.1 Å². The van der Waals surface area contributed by atoms with E-state index < -0.39 is 21.8 Å². The number of nitrogens with one attached hydrogen (secondary N) is 1. The fourth-order valence-electron chi connectivity index (χ4n) is 2.81. The maximum Gasteiger partial charge on any atom is 0.339 e. The summed E-state index contributed by atoms with van der Waals surface area (Å²) in [4.78, 5) is 12.4. The summed E-state index contributed by atoms with van der Waals surface area (Å²) in [5.74, 6) is -1.46. The fraction of sp³-hybridized carbons (Fsp3) is 0.0833. The predicted octanol–water partition coefficient (Wildman–Crippen LogP) is 5.11. The Morgan fingerprint density at radius 2 is 1.76 bits per heavy atom. The van der Waals surface area contributed by atoms with Crippen molar-refractivity contribution in [3.05, 3.63) is 88.2 Å². The molecule has 7 nitrogen and oxygen atoms in total. The number of benzene rings is 3. The van der Waals surface area contributed by atoms with Crippen LogP contribution in [0.3, 0.4) is 0 Å². The van der Waals surface area contributed by atoms with E-state index in [-0.39, 0.29) is 32.6 Å².